The zero-order valence-electron chi connectivity index (χ0n) is 10.7. The van der Waals surface area contributed by atoms with Crippen LogP contribution in [-0.4, -0.2) is 36.0 Å². The van der Waals surface area contributed by atoms with Crippen LogP contribution in [0.5, 0.6) is 0 Å². The van der Waals surface area contributed by atoms with Crippen molar-refractivity contribution in [2.45, 2.75) is 12.5 Å². The number of carbonyl (C=O) groups is 3. The van der Waals surface area contributed by atoms with Crippen molar-refractivity contribution < 1.29 is 19.5 Å². The molecule has 20 heavy (non-hydrogen) atoms. The number of imide groups is 1. The van der Waals surface area contributed by atoms with Gasteiger partial charge >= 0.3 is 5.97 Å². The maximum Gasteiger partial charge on any atom is 0.305 e. The van der Waals surface area contributed by atoms with E-state index in [9.17, 15) is 14.4 Å². The fourth-order valence-corrected chi connectivity index (χ4v) is 2.19. The molecular weight excluding hydrogens is 262 g/mol. The summed E-state index contributed by atoms with van der Waals surface area (Å²) in [6.07, 6.45) is -0.217. The number of piperazine rings is 1. The van der Waals surface area contributed by atoms with Gasteiger partial charge in [-0.15, -0.1) is 0 Å². The van der Waals surface area contributed by atoms with Crippen molar-refractivity contribution in [2.75, 3.05) is 18.0 Å². The lowest BCUT2D eigenvalue weighted by Crippen LogP contribution is -2.51. The van der Waals surface area contributed by atoms with Crippen LogP contribution in [0.4, 0.5) is 5.69 Å². The first-order valence-corrected chi connectivity index (χ1v) is 6.11. The molecule has 1 fully saturated rings. The molecule has 0 bridgehead atoms. The maximum atomic E-state index is 11.4. The number of nitrogens with two attached hydrogens (primary N) is 1. The van der Waals surface area contributed by atoms with Gasteiger partial charge in [0.1, 0.15) is 0 Å². The second kappa shape index (κ2) is 5.70. The van der Waals surface area contributed by atoms with E-state index in [1.54, 1.807) is 29.2 Å². The largest absolute Gasteiger partial charge is 0.481 e. The molecule has 1 aromatic carbocycles. The highest BCUT2D eigenvalue weighted by Crippen LogP contribution is 2.27. The molecule has 7 nitrogen and oxygen atoms in total. The van der Waals surface area contributed by atoms with Crippen molar-refractivity contribution in [2.24, 2.45) is 5.73 Å². The van der Waals surface area contributed by atoms with E-state index in [0.29, 0.717) is 11.3 Å². The number of rotatable bonds is 4. The first kappa shape index (κ1) is 14.0. The van der Waals surface area contributed by atoms with Gasteiger partial charge < -0.3 is 15.7 Å². The number of para-hydroxylation sites is 1. The Kier molecular flexibility index (Phi) is 3.99. The number of nitrogens with one attached hydrogen (secondary N) is 1. The topological polar surface area (TPSA) is 113 Å². The molecule has 0 saturated carbocycles. The predicted molar refractivity (Wildman–Crippen MR) is 71.0 cm³/mol. The van der Waals surface area contributed by atoms with Crippen LogP contribution in [-0.2, 0) is 14.4 Å². The third kappa shape index (κ3) is 3.12. The standard InChI is InChI=1S/C13H15N3O4/c14-9(5-13(19)20)8-3-1-2-4-10(8)16-6-11(17)15-12(18)7-16/h1-4,9H,5-7,14H2,(H,19,20)(H,15,17,18). The van der Waals surface area contributed by atoms with E-state index in [1.807, 2.05) is 0 Å². The SMILES string of the molecule is NC(CC(=O)O)c1ccccc1N1CC(=O)NC(=O)C1. The van der Waals surface area contributed by atoms with Gasteiger partial charge in [-0.25, -0.2) is 0 Å². The molecule has 1 unspecified atom stereocenters. The number of hydrogen-bond donors (Lipinski definition) is 3. The Morgan fingerprint density at radius 2 is 1.90 bits per heavy atom. The van der Waals surface area contributed by atoms with Crippen LogP contribution < -0.4 is 16.0 Å². The molecule has 1 aliphatic rings. The fourth-order valence-electron chi connectivity index (χ4n) is 2.19. The van der Waals surface area contributed by atoms with Crippen molar-refractivity contribution in [1.29, 1.82) is 0 Å². The molecule has 1 aliphatic heterocycles. The minimum Gasteiger partial charge on any atom is -0.481 e. The Morgan fingerprint density at radius 3 is 2.50 bits per heavy atom. The number of amides is 2. The van der Waals surface area contributed by atoms with E-state index < -0.39 is 12.0 Å². The van der Waals surface area contributed by atoms with Gasteiger partial charge in [-0.2, -0.15) is 0 Å². The summed E-state index contributed by atoms with van der Waals surface area (Å²) in [5, 5.41) is 11.0. The van der Waals surface area contributed by atoms with Crippen LogP contribution in [0.3, 0.4) is 0 Å². The summed E-state index contributed by atoms with van der Waals surface area (Å²) in [7, 11) is 0. The van der Waals surface area contributed by atoms with E-state index in [1.165, 1.54) is 0 Å². The average molecular weight is 277 g/mol. The molecule has 2 rings (SSSR count). The van der Waals surface area contributed by atoms with E-state index in [4.69, 9.17) is 10.8 Å². The summed E-state index contributed by atoms with van der Waals surface area (Å²) in [5.41, 5.74) is 7.10. The van der Waals surface area contributed by atoms with Crippen LogP contribution in [0.15, 0.2) is 24.3 Å². The van der Waals surface area contributed by atoms with Crippen LogP contribution in [0.1, 0.15) is 18.0 Å². The van der Waals surface area contributed by atoms with E-state index in [2.05, 4.69) is 5.32 Å². The van der Waals surface area contributed by atoms with Crippen LogP contribution in [0.2, 0.25) is 0 Å². The van der Waals surface area contributed by atoms with Crippen molar-refractivity contribution in [1.82, 2.24) is 5.32 Å². The first-order valence-electron chi connectivity index (χ1n) is 6.11. The summed E-state index contributed by atoms with van der Waals surface area (Å²) in [6, 6.07) is 6.24. The van der Waals surface area contributed by atoms with E-state index in [-0.39, 0.29) is 31.3 Å². The maximum absolute atomic E-state index is 11.4. The van der Waals surface area contributed by atoms with E-state index in [0.717, 1.165) is 0 Å². The molecular formula is C13H15N3O4. The number of nitrogens with zero attached hydrogens (tertiary/aromatic N) is 1. The highest BCUT2D eigenvalue weighted by atomic mass is 16.4. The second-order valence-electron chi connectivity index (χ2n) is 4.59. The number of carboxylic acid groups (broad SMARTS) is 1. The van der Waals surface area contributed by atoms with Crippen LogP contribution in [0, 0.1) is 0 Å². The van der Waals surface area contributed by atoms with Gasteiger partial charge in [0.25, 0.3) is 0 Å². The quantitative estimate of drug-likeness (QED) is 0.647. The van der Waals surface area contributed by atoms with Crippen molar-refractivity contribution in [3.63, 3.8) is 0 Å². The highest BCUT2D eigenvalue weighted by molar-refractivity contribution is 6.02. The number of anilines is 1. The Hall–Kier alpha value is -2.41. The zero-order valence-corrected chi connectivity index (χ0v) is 10.7. The molecule has 7 heteroatoms. The predicted octanol–water partition coefficient (Wildman–Crippen LogP) is -0.376. The zero-order chi connectivity index (χ0) is 14.7. The number of hydrogen-bond acceptors (Lipinski definition) is 5. The van der Waals surface area contributed by atoms with Gasteiger partial charge in [0.15, 0.2) is 0 Å². The number of carbonyl (C=O) groups excluding carboxylic acids is 2. The normalized spacial score (nSPS) is 16.8. The molecule has 2 amide bonds. The van der Waals surface area contributed by atoms with Gasteiger partial charge in [-0.1, -0.05) is 18.2 Å². The summed E-state index contributed by atoms with van der Waals surface area (Å²) in [4.78, 5) is 35.2. The molecule has 1 saturated heterocycles. The van der Waals surface area contributed by atoms with Gasteiger partial charge in [0.2, 0.25) is 11.8 Å². The van der Waals surface area contributed by atoms with Crippen molar-refractivity contribution in [3.05, 3.63) is 29.8 Å². The lowest BCUT2D eigenvalue weighted by atomic mass is 10.0. The summed E-state index contributed by atoms with van der Waals surface area (Å²) >= 11 is 0. The van der Waals surface area contributed by atoms with Gasteiger partial charge in [0.05, 0.1) is 19.5 Å². The fraction of sp³-hybridized carbons (Fsp3) is 0.308. The van der Waals surface area contributed by atoms with E-state index >= 15 is 0 Å². The lowest BCUT2D eigenvalue weighted by Gasteiger charge is -2.30. The lowest BCUT2D eigenvalue weighted by molar-refractivity contribution is -0.137. The molecule has 4 N–H and O–H groups in total. The first-order chi connectivity index (χ1) is 9.47. The Bertz CT molecular complexity index is 542. The minimum atomic E-state index is -1.00. The summed E-state index contributed by atoms with van der Waals surface area (Å²) in [5.74, 6) is -1.77. The molecule has 0 radical (unpaired) electrons. The highest BCUT2D eigenvalue weighted by Gasteiger charge is 2.25. The van der Waals surface area contributed by atoms with Crippen molar-refractivity contribution >= 4 is 23.5 Å². The Labute approximate surface area is 115 Å². The summed E-state index contributed by atoms with van der Waals surface area (Å²) < 4.78 is 0. The third-order valence-corrected chi connectivity index (χ3v) is 3.02. The molecule has 1 aromatic rings. The molecule has 0 aromatic heterocycles. The molecule has 0 spiro atoms. The van der Waals surface area contributed by atoms with Crippen molar-refractivity contribution in [3.8, 4) is 0 Å². The number of carboxylic acids is 1. The molecule has 0 aliphatic carbocycles. The summed E-state index contributed by atoms with van der Waals surface area (Å²) in [6.45, 7) is 0.0884. The molecule has 106 valence electrons. The third-order valence-electron chi connectivity index (χ3n) is 3.02. The van der Waals surface area contributed by atoms with Crippen LogP contribution in [0.25, 0.3) is 0 Å². The van der Waals surface area contributed by atoms with Gasteiger partial charge in [-0.3, -0.25) is 19.7 Å². The molecule has 1 atom stereocenters. The Morgan fingerprint density at radius 1 is 1.30 bits per heavy atom. The smallest absolute Gasteiger partial charge is 0.305 e. The number of aliphatic carboxylic acids is 1. The van der Waals surface area contributed by atoms with Gasteiger partial charge in [-0.05, 0) is 11.6 Å². The molecule has 1 heterocycles. The van der Waals surface area contributed by atoms with Crippen LogP contribution >= 0.6 is 0 Å². The minimum absolute atomic E-state index is 0.0442. The number of benzene rings is 1. The monoisotopic (exact) mass is 277 g/mol. The average Bonchev–Trinajstić information content (AvgIpc) is 2.36. The Balaban J connectivity index is 2.29. The van der Waals surface area contributed by atoms with Gasteiger partial charge in [0, 0.05) is 11.7 Å². The second-order valence-corrected chi connectivity index (χ2v) is 4.59.